The topological polar surface area (TPSA) is 23.5 Å². The fraction of sp³-hybridized carbons (Fsp3) is 0.467. The Morgan fingerprint density at radius 2 is 2.22 bits per heavy atom. The maximum Gasteiger partial charge on any atom is 0.0693 e. The molecule has 1 aromatic carbocycles. The minimum atomic E-state index is -0.221. The summed E-state index contributed by atoms with van der Waals surface area (Å²) >= 11 is 6.03. The van der Waals surface area contributed by atoms with Gasteiger partial charge in [-0.25, -0.2) is 0 Å². The highest BCUT2D eigenvalue weighted by atomic mass is 35.5. The van der Waals surface area contributed by atoms with Gasteiger partial charge >= 0.3 is 0 Å². The molecule has 2 atom stereocenters. The first-order valence-electron chi connectivity index (χ1n) is 6.30. The van der Waals surface area contributed by atoms with Gasteiger partial charge in [-0.2, -0.15) is 0 Å². The lowest BCUT2D eigenvalue weighted by Crippen LogP contribution is -2.42. The summed E-state index contributed by atoms with van der Waals surface area (Å²) in [6.07, 6.45) is 0.815. The van der Waals surface area contributed by atoms with E-state index in [1.54, 1.807) is 0 Å². The number of nitrogens with zero attached hydrogens (tertiary/aromatic N) is 1. The summed E-state index contributed by atoms with van der Waals surface area (Å²) in [5, 5.41) is 10.5. The highest BCUT2D eigenvalue weighted by Gasteiger charge is 2.23. The van der Waals surface area contributed by atoms with Crippen LogP contribution in [0.5, 0.6) is 0 Å². The van der Waals surface area contributed by atoms with E-state index in [9.17, 15) is 5.11 Å². The molecule has 1 heterocycles. The Morgan fingerprint density at radius 1 is 1.44 bits per heavy atom. The van der Waals surface area contributed by atoms with Crippen molar-refractivity contribution >= 4 is 11.6 Å². The van der Waals surface area contributed by atoms with Gasteiger partial charge < -0.3 is 5.11 Å². The third-order valence-electron chi connectivity index (χ3n) is 3.40. The van der Waals surface area contributed by atoms with Crippen LogP contribution in [0.15, 0.2) is 24.3 Å². The normalized spacial score (nSPS) is 24.4. The van der Waals surface area contributed by atoms with Crippen molar-refractivity contribution < 1.29 is 5.11 Å². The number of rotatable bonds is 1. The van der Waals surface area contributed by atoms with Crippen molar-refractivity contribution in [2.75, 3.05) is 19.6 Å². The van der Waals surface area contributed by atoms with E-state index in [0.717, 1.165) is 25.1 Å². The van der Waals surface area contributed by atoms with Crippen LogP contribution in [0, 0.1) is 17.8 Å². The summed E-state index contributed by atoms with van der Waals surface area (Å²) < 4.78 is 0. The highest BCUT2D eigenvalue weighted by Crippen LogP contribution is 2.16. The molecule has 1 N–H and O–H groups in total. The van der Waals surface area contributed by atoms with Crippen LogP contribution >= 0.6 is 11.6 Å². The number of halogens is 1. The number of hydrogen-bond donors (Lipinski definition) is 1. The molecular formula is C15H18ClNO. The predicted molar refractivity (Wildman–Crippen MR) is 74.6 cm³/mol. The van der Waals surface area contributed by atoms with Gasteiger partial charge in [-0.15, -0.1) is 0 Å². The first-order valence-corrected chi connectivity index (χ1v) is 6.68. The Morgan fingerprint density at radius 3 is 2.94 bits per heavy atom. The van der Waals surface area contributed by atoms with E-state index < -0.39 is 0 Å². The highest BCUT2D eigenvalue weighted by molar-refractivity contribution is 6.31. The molecule has 18 heavy (non-hydrogen) atoms. The smallest absolute Gasteiger partial charge is 0.0693 e. The van der Waals surface area contributed by atoms with Crippen molar-refractivity contribution in [2.24, 2.45) is 5.92 Å². The lowest BCUT2D eigenvalue weighted by atomic mass is 9.96. The zero-order valence-electron chi connectivity index (χ0n) is 10.6. The molecule has 1 saturated heterocycles. The molecule has 1 fully saturated rings. The molecule has 3 heteroatoms. The lowest BCUT2D eigenvalue weighted by molar-refractivity contribution is 0.0351. The van der Waals surface area contributed by atoms with E-state index in [-0.39, 0.29) is 6.10 Å². The maximum atomic E-state index is 9.80. The molecule has 0 aromatic heterocycles. The molecule has 0 amide bonds. The molecule has 1 aromatic rings. The SMILES string of the molecule is CC1CCN(CC#Cc2ccccc2Cl)CC1O. The quantitative estimate of drug-likeness (QED) is 0.787. The average Bonchev–Trinajstić information content (AvgIpc) is 2.36. The van der Waals surface area contributed by atoms with Crippen molar-refractivity contribution in [2.45, 2.75) is 19.4 Å². The summed E-state index contributed by atoms with van der Waals surface area (Å²) in [6.45, 7) is 4.51. The van der Waals surface area contributed by atoms with Gasteiger partial charge in [-0.3, -0.25) is 4.90 Å². The van der Waals surface area contributed by atoms with Crippen molar-refractivity contribution in [3.63, 3.8) is 0 Å². The van der Waals surface area contributed by atoms with Gasteiger partial charge in [0.2, 0.25) is 0 Å². The van der Waals surface area contributed by atoms with Crippen LogP contribution in [-0.2, 0) is 0 Å². The van der Waals surface area contributed by atoms with Crippen LogP contribution in [0.3, 0.4) is 0 Å². The zero-order valence-corrected chi connectivity index (χ0v) is 11.3. The average molecular weight is 264 g/mol. The van der Waals surface area contributed by atoms with Gasteiger partial charge in [0.1, 0.15) is 0 Å². The minimum absolute atomic E-state index is 0.221. The molecule has 2 nitrogen and oxygen atoms in total. The zero-order chi connectivity index (χ0) is 13.0. The Balaban J connectivity index is 1.91. The van der Waals surface area contributed by atoms with Crippen LogP contribution in [0.25, 0.3) is 0 Å². The Kier molecular flexibility index (Phi) is 4.66. The van der Waals surface area contributed by atoms with Crippen LogP contribution in [-0.4, -0.2) is 35.7 Å². The number of likely N-dealkylation sites (tertiary alicyclic amines) is 1. The molecule has 0 aliphatic carbocycles. The van der Waals surface area contributed by atoms with Gasteiger partial charge in [0.05, 0.1) is 17.7 Å². The second-order valence-electron chi connectivity index (χ2n) is 4.85. The number of β-amino-alcohol motifs (C(OH)–C–C–N with tert-alkyl or cyclic N) is 1. The number of benzene rings is 1. The van der Waals surface area contributed by atoms with E-state index in [1.807, 2.05) is 24.3 Å². The number of aliphatic hydroxyl groups is 1. The van der Waals surface area contributed by atoms with Crippen molar-refractivity contribution in [1.82, 2.24) is 4.90 Å². The second kappa shape index (κ2) is 6.24. The second-order valence-corrected chi connectivity index (χ2v) is 5.26. The fourth-order valence-electron chi connectivity index (χ4n) is 2.07. The van der Waals surface area contributed by atoms with E-state index in [2.05, 4.69) is 23.7 Å². The molecule has 2 rings (SSSR count). The molecule has 0 saturated carbocycles. The van der Waals surface area contributed by atoms with E-state index in [4.69, 9.17) is 11.6 Å². The first kappa shape index (κ1) is 13.4. The lowest BCUT2D eigenvalue weighted by Gasteiger charge is -2.32. The third kappa shape index (κ3) is 3.49. The molecule has 0 spiro atoms. The molecule has 1 aliphatic heterocycles. The summed E-state index contributed by atoms with van der Waals surface area (Å²) in [5.74, 6) is 6.61. The van der Waals surface area contributed by atoms with Gasteiger partial charge in [-0.1, -0.05) is 42.5 Å². The maximum absolute atomic E-state index is 9.80. The summed E-state index contributed by atoms with van der Waals surface area (Å²) in [5.41, 5.74) is 0.866. The van der Waals surface area contributed by atoms with Crippen molar-refractivity contribution in [3.8, 4) is 11.8 Å². The Bertz CT molecular complexity index is 463. The van der Waals surface area contributed by atoms with Gasteiger partial charge in [-0.05, 0) is 31.0 Å². The molecule has 1 aliphatic rings. The Labute approximate surface area is 114 Å². The van der Waals surface area contributed by atoms with Crippen LogP contribution in [0.1, 0.15) is 18.9 Å². The molecule has 0 radical (unpaired) electrons. The Hall–Kier alpha value is -1.01. The predicted octanol–water partition coefficient (Wildman–Crippen LogP) is 2.39. The van der Waals surface area contributed by atoms with Gasteiger partial charge in [0.15, 0.2) is 0 Å². The number of aliphatic hydroxyl groups excluding tert-OH is 1. The molecule has 96 valence electrons. The molecular weight excluding hydrogens is 246 g/mol. The minimum Gasteiger partial charge on any atom is -0.392 e. The molecule has 2 unspecified atom stereocenters. The monoisotopic (exact) mass is 263 g/mol. The number of hydrogen-bond acceptors (Lipinski definition) is 2. The van der Waals surface area contributed by atoms with E-state index >= 15 is 0 Å². The van der Waals surface area contributed by atoms with Crippen LogP contribution in [0.4, 0.5) is 0 Å². The van der Waals surface area contributed by atoms with Crippen LogP contribution in [0.2, 0.25) is 5.02 Å². The fourth-order valence-corrected chi connectivity index (χ4v) is 2.25. The first-order chi connectivity index (χ1) is 8.66. The largest absolute Gasteiger partial charge is 0.392 e. The van der Waals surface area contributed by atoms with Crippen molar-refractivity contribution in [3.05, 3.63) is 34.9 Å². The summed E-state index contributed by atoms with van der Waals surface area (Å²) in [7, 11) is 0. The summed E-state index contributed by atoms with van der Waals surface area (Å²) in [4.78, 5) is 2.19. The van der Waals surface area contributed by atoms with Crippen LogP contribution < -0.4 is 0 Å². The summed E-state index contributed by atoms with van der Waals surface area (Å²) in [6, 6.07) is 7.60. The van der Waals surface area contributed by atoms with Gasteiger partial charge in [0.25, 0.3) is 0 Å². The van der Waals surface area contributed by atoms with E-state index in [1.165, 1.54) is 0 Å². The van der Waals surface area contributed by atoms with E-state index in [0.29, 0.717) is 17.5 Å². The molecule has 0 bridgehead atoms. The standard InChI is InChI=1S/C15H18ClNO/c1-12-8-10-17(11-15(12)18)9-4-6-13-5-2-3-7-14(13)16/h2-3,5,7,12,15,18H,8-11H2,1H3. The van der Waals surface area contributed by atoms with Crippen molar-refractivity contribution in [1.29, 1.82) is 0 Å². The van der Waals surface area contributed by atoms with Gasteiger partial charge in [0, 0.05) is 12.1 Å². The number of piperidine rings is 1. The third-order valence-corrected chi connectivity index (χ3v) is 3.73.